The standard InChI is InChI=1S/C10H16N4O2/c1-4-16-10(15)6-12-9-5-8(11-3)13-7(2)14-9/h5H,4,6H2,1-3H3,(H2,11,12,13,14). The van der Waals surface area contributed by atoms with E-state index in [1.165, 1.54) is 0 Å². The second kappa shape index (κ2) is 5.89. The molecule has 88 valence electrons. The van der Waals surface area contributed by atoms with Gasteiger partial charge >= 0.3 is 5.97 Å². The van der Waals surface area contributed by atoms with Crippen molar-refractivity contribution in [3.63, 3.8) is 0 Å². The van der Waals surface area contributed by atoms with Crippen LogP contribution in [0.25, 0.3) is 0 Å². The van der Waals surface area contributed by atoms with Gasteiger partial charge < -0.3 is 15.4 Å². The normalized spacial score (nSPS) is 9.69. The van der Waals surface area contributed by atoms with Crippen LogP contribution in [0.4, 0.5) is 11.6 Å². The highest BCUT2D eigenvalue weighted by atomic mass is 16.5. The molecule has 0 saturated heterocycles. The van der Waals surface area contributed by atoms with Crippen LogP contribution >= 0.6 is 0 Å². The van der Waals surface area contributed by atoms with Gasteiger partial charge in [0.15, 0.2) is 0 Å². The first-order valence-electron chi connectivity index (χ1n) is 5.08. The molecule has 6 nitrogen and oxygen atoms in total. The molecule has 0 bridgehead atoms. The van der Waals surface area contributed by atoms with Gasteiger partial charge in [0.25, 0.3) is 0 Å². The van der Waals surface area contributed by atoms with Crippen molar-refractivity contribution in [2.24, 2.45) is 0 Å². The van der Waals surface area contributed by atoms with Crippen LogP contribution in [0, 0.1) is 6.92 Å². The van der Waals surface area contributed by atoms with Crippen LogP contribution in [0.15, 0.2) is 6.07 Å². The zero-order chi connectivity index (χ0) is 12.0. The van der Waals surface area contributed by atoms with Gasteiger partial charge in [-0.25, -0.2) is 9.97 Å². The van der Waals surface area contributed by atoms with Gasteiger partial charge in [-0.05, 0) is 13.8 Å². The van der Waals surface area contributed by atoms with Crippen molar-refractivity contribution < 1.29 is 9.53 Å². The lowest BCUT2D eigenvalue weighted by Gasteiger charge is -2.07. The molecule has 1 aromatic rings. The monoisotopic (exact) mass is 224 g/mol. The van der Waals surface area contributed by atoms with E-state index in [0.717, 1.165) is 0 Å². The van der Waals surface area contributed by atoms with Gasteiger partial charge in [0, 0.05) is 13.1 Å². The molecule has 0 aliphatic rings. The van der Waals surface area contributed by atoms with Gasteiger partial charge in [-0.1, -0.05) is 0 Å². The molecule has 2 N–H and O–H groups in total. The predicted octanol–water partition coefficient (Wildman–Crippen LogP) is 0.802. The van der Waals surface area contributed by atoms with E-state index >= 15 is 0 Å². The van der Waals surface area contributed by atoms with E-state index in [1.807, 2.05) is 0 Å². The summed E-state index contributed by atoms with van der Waals surface area (Å²) in [5.74, 6) is 1.65. The van der Waals surface area contributed by atoms with E-state index in [1.54, 1.807) is 27.0 Å². The summed E-state index contributed by atoms with van der Waals surface area (Å²) in [6.45, 7) is 4.04. The molecule has 0 aliphatic heterocycles. The molecule has 0 aliphatic carbocycles. The van der Waals surface area contributed by atoms with Crippen LogP contribution in [0.3, 0.4) is 0 Å². The molecule has 1 heterocycles. The van der Waals surface area contributed by atoms with Gasteiger partial charge in [0.05, 0.1) is 6.61 Å². The Kier molecular flexibility index (Phi) is 4.50. The third kappa shape index (κ3) is 3.72. The molecule has 0 radical (unpaired) electrons. The van der Waals surface area contributed by atoms with Crippen molar-refractivity contribution in [3.05, 3.63) is 11.9 Å². The van der Waals surface area contributed by atoms with Crippen molar-refractivity contribution in [1.82, 2.24) is 9.97 Å². The quantitative estimate of drug-likeness (QED) is 0.720. The van der Waals surface area contributed by atoms with E-state index in [4.69, 9.17) is 4.74 Å². The van der Waals surface area contributed by atoms with E-state index in [0.29, 0.717) is 24.1 Å². The Labute approximate surface area is 94.4 Å². The van der Waals surface area contributed by atoms with Crippen molar-refractivity contribution in [3.8, 4) is 0 Å². The SMILES string of the molecule is CCOC(=O)CNc1cc(NC)nc(C)n1. The lowest BCUT2D eigenvalue weighted by atomic mass is 10.4. The first-order chi connectivity index (χ1) is 7.65. The number of anilines is 2. The molecule has 0 amide bonds. The van der Waals surface area contributed by atoms with Crippen LogP contribution < -0.4 is 10.6 Å². The first-order valence-corrected chi connectivity index (χ1v) is 5.08. The number of carbonyl (C=O) groups excluding carboxylic acids is 1. The third-order valence-electron chi connectivity index (χ3n) is 1.81. The minimum atomic E-state index is -0.301. The molecular weight excluding hydrogens is 208 g/mol. The maximum Gasteiger partial charge on any atom is 0.325 e. The maximum absolute atomic E-state index is 11.1. The Balaban J connectivity index is 2.59. The van der Waals surface area contributed by atoms with Crippen LogP contribution in [0.5, 0.6) is 0 Å². The van der Waals surface area contributed by atoms with Gasteiger partial charge in [-0.3, -0.25) is 4.79 Å². The number of hydrogen-bond donors (Lipinski definition) is 2. The van der Waals surface area contributed by atoms with Crippen molar-refractivity contribution >= 4 is 17.6 Å². The topological polar surface area (TPSA) is 76.1 Å². The highest BCUT2D eigenvalue weighted by Gasteiger charge is 2.04. The average Bonchev–Trinajstić information content (AvgIpc) is 2.26. The number of ether oxygens (including phenoxy) is 1. The van der Waals surface area contributed by atoms with E-state index < -0.39 is 0 Å². The van der Waals surface area contributed by atoms with Crippen LogP contribution in [0.1, 0.15) is 12.7 Å². The smallest absolute Gasteiger partial charge is 0.325 e. The Morgan fingerprint density at radius 3 is 2.75 bits per heavy atom. The molecule has 0 spiro atoms. The third-order valence-corrected chi connectivity index (χ3v) is 1.81. The molecular formula is C10H16N4O2. The van der Waals surface area contributed by atoms with E-state index in [2.05, 4.69) is 20.6 Å². The molecule has 0 aromatic carbocycles. The fourth-order valence-electron chi connectivity index (χ4n) is 1.16. The number of nitrogens with one attached hydrogen (secondary N) is 2. The lowest BCUT2D eigenvalue weighted by Crippen LogP contribution is -2.17. The number of aromatic nitrogens is 2. The number of nitrogens with zero attached hydrogens (tertiary/aromatic N) is 2. The van der Waals surface area contributed by atoms with Gasteiger partial charge in [0.1, 0.15) is 24.0 Å². The number of aryl methyl sites for hydroxylation is 1. The minimum absolute atomic E-state index is 0.105. The summed E-state index contributed by atoms with van der Waals surface area (Å²) in [7, 11) is 1.77. The second-order valence-corrected chi connectivity index (χ2v) is 3.09. The number of rotatable bonds is 5. The predicted molar refractivity (Wildman–Crippen MR) is 61.4 cm³/mol. The first kappa shape index (κ1) is 12.2. The molecule has 0 unspecified atom stereocenters. The van der Waals surface area contributed by atoms with E-state index in [9.17, 15) is 4.79 Å². The highest BCUT2D eigenvalue weighted by molar-refractivity contribution is 5.74. The molecule has 6 heteroatoms. The van der Waals surface area contributed by atoms with Crippen LogP contribution in [-0.4, -0.2) is 36.1 Å². The minimum Gasteiger partial charge on any atom is -0.465 e. The van der Waals surface area contributed by atoms with E-state index in [-0.39, 0.29) is 12.5 Å². The molecule has 0 saturated carbocycles. The summed E-state index contributed by atoms with van der Waals surface area (Å²) in [6, 6.07) is 1.73. The molecule has 0 atom stereocenters. The number of hydrogen-bond acceptors (Lipinski definition) is 6. The Bertz CT molecular complexity index is 368. The summed E-state index contributed by atoms with van der Waals surface area (Å²) in [6.07, 6.45) is 0. The van der Waals surface area contributed by atoms with Crippen molar-refractivity contribution in [2.75, 3.05) is 30.8 Å². The fraction of sp³-hybridized carbons (Fsp3) is 0.500. The zero-order valence-electron chi connectivity index (χ0n) is 9.70. The summed E-state index contributed by atoms with van der Waals surface area (Å²) in [5.41, 5.74) is 0. The maximum atomic E-state index is 11.1. The summed E-state index contributed by atoms with van der Waals surface area (Å²) < 4.78 is 4.79. The lowest BCUT2D eigenvalue weighted by molar-refractivity contribution is -0.140. The van der Waals surface area contributed by atoms with Gasteiger partial charge in [-0.15, -0.1) is 0 Å². The summed E-state index contributed by atoms with van der Waals surface area (Å²) >= 11 is 0. The molecule has 1 rings (SSSR count). The van der Waals surface area contributed by atoms with Crippen molar-refractivity contribution in [1.29, 1.82) is 0 Å². The van der Waals surface area contributed by atoms with Crippen molar-refractivity contribution in [2.45, 2.75) is 13.8 Å². The number of carbonyl (C=O) groups is 1. The van der Waals surface area contributed by atoms with Gasteiger partial charge in [-0.2, -0.15) is 0 Å². The summed E-state index contributed by atoms with van der Waals surface area (Å²) in [5, 5.41) is 5.79. The Hall–Kier alpha value is -1.85. The van der Waals surface area contributed by atoms with Gasteiger partial charge in [0.2, 0.25) is 0 Å². The second-order valence-electron chi connectivity index (χ2n) is 3.09. The zero-order valence-corrected chi connectivity index (χ0v) is 9.70. The van der Waals surface area contributed by atoms with Crippen LogP contribution in [-0.2, 0) is 9.53 Å². The molecule has 0 fully saturated rings. The van der Waals surface area contributed by atoms with Crippen LogP contribution in [0.2, 0.25) is 0 Å². The number of esters is 1. The largest absolute Gasteiger partial charge is 0.465 e. The average molecular weight is 224 g/mol. The Morgan fingerprint density at radius 2 is 2.12 bits per heavy atom. The molecule has 16 heavy (non-hydrogen) atoms. The molecule has 1 aromatic heterocycles. The highest BCUT2D eigenvalue weighted by Crippen LogP contribution is 2.09. The summed E-state index contributed by atoms with van der Waals surface area (Å²) in [4.78, 5) is 19.4. The Morgan fingerprint density at radius 1 is 1.44 bits per heavy atom. The fourth-order valence-corrected chi connectivity index (χ4v) is 1.16.